The Morgan fingerprint density at radius 1 is 1.06 bits per heavy atom. The minimum absolute atomic E-state index is 0.0765. The number of aromatic nitrogens is 3. The fourth-order valence-corrected chi connectivity index (χ4v) is 5.15. The minimum Gasteiger partial charge on any atom is -0.369 e. The van der Waals surface area contributed by atoms with Gasteiger partial charge in [0.15, 0.2) is 0 Å². The zero-order valence-electron chi connectivity index (χ0n) is 19.4. The lowest BCUT2D eigenvalue weighted by Crippen LogP contribution is -2.44. The molecular weight excluding hydrogens is 462 g/mol. The average Bonchev–Trinajstić information content (AvgIpc) is 3.29. The Morgan fingerprint density at radius 3 is 2.60 bits per heavy atom. The molecule has 35 heavy (non-hydrogen) atoms. The van der Waals surface area contributed by atoms with Crippen LogP contribution in [0.3, 0.4) is 0 Å². The quantitative estimate of drug-likeness (QED) is 0.451. The monoisotopic (exact) mass is 487 g/mol. The molecule has 6 rings (SSSR count). The highest BCUT2D eigenvalue weighted by molar-refractivity contribution is 6.31. The zero-order chi connectivity index (χ0) is 23.9. The Hall–Kier alpha value is -3.62. The molecule has 0 saturated carbocycles. The van der Waals surface area contributed by atoms with Crippen molar-refractivity contribution in [1.29, 1.82) is 0 Å². The summed E-state index contributed by atoms with van der Waals surface area (Å²) < 4.78 is 2.04. The number of halogens is 1. The van der Waals surface area contributed by atoms with Gasteiger partial charge in [0, 0.05) is 61.4 Å². The first-order chi connectivity index (χ1) is 17.1. The topological polar surface area (TPSA) is 78.3 Å². The summed E-state index contributed by atoms with van der Waals surface area (Å²) in [6.07, 6.45) is 1.60. The van der Waals surface area contributed by atoms with Gasteiger partial charge in [-0.2, -0.15) is 4.98 Å². The lowest BCUT2D eigenvalue weighted by molar-refractivity contribution is 0.313. The molecule has 9 heteroatoms. The fourth-order valence-electron chi connectivity index (χ4n) is 4.88. The summed E-state index contributed by atoms with van der Waals surface area (Å²) in [7, 11) is 2.16. The van der Waals surface area contributed by atoms with Crippen LogP contribution in [0.25, 0.3) is 10.9 Å². The van der Waals surface area contributed by atoms with Crippen molar-refractivity contribution in [3.8, 4) is 0 Å². The van der Waals surface area contributed by atoms with Gasteiger partial charge in [-0.1, -0.05) is 29.8 Å². The predicted molar refractivity (Wildman–Crippen MR) is 141 cm³/mol. The molecule has 2 aliphatic heterocycles. The highest BCUT2D eigenvalue weighted by Gasteiger charge is 2.28. The standard InChI is InChI=1S/C26H26ClN7O/c1-32-10-12-33(13-11-32)18-8-6-17(7-9-18)30-24-14-22-20(15-28-24)25(35)31-26-29-16-23(34(22)26)19-4-2-3-5-21(19)27/h2-9,14-15,23H,10-13,16H2,1H3,(H,28,30)(H,29,31,35). The molecule has 0 spiro atoms. The number of hydrogen-bond acceptors (Lipinski definition) is 7. The Morgan fingerprint density at radius 2 is 1.83 bits per heavy atom. The number of anilines is 4. The molecular formula is C26H26ClN7O. The van der Waals surface area contributed by atoms with E-state index in [1.165, 1.54) is 5.69 Å². The molecule has 0 bridgehead atoms. The second kappa shape index (κ2) is 8.87. The van der Waals surface area contributed by atoms with E-state index in [1.807, 2.05) is 34.9 Å². The highest BCUT2D eigenvalue weighted by atomic mass is 35.5. The van der Waals surface area contributed by atoms with Crippen LogP contribution in [0.2, 0.25) is 5.02 Å². The van der Waals surface area contributed by atoms with Gasteiger partial charge in [0.05, 0.1) is 16.9 Å². The molecule has 1 unspecified atom stereocenters. The number of likely N-dealkylation sites (N-methyl/N-ethyl adjacent to an activating group) is 1. The molecule has 0 radical (unpaired) electrons. The lowest BCUT2D eigenvalue weighted by atomic mass is 10.1. The first-order valence-corrected chi connectivity index (χ1v) is 12.2. The van der Waals surface area contributed by atoms with Crippen molar-refractivity contribution in [3.05, 3.63) is 81.7 Å². The lowest BCUT2D eigenvalue weighted by Gasteiger charge is -2.34. The summed E-state index contributed by atoms with van der Waals surface area (Å²) in [6.45, 7) is 4.81. The van der Waals surface area contributed by atoms with Crippen LogP contribution in [0.5, 0.6) is 0 Å². The molecule has 178 valence electrons. The molecule has 2 N–H and O–H groups in total. The summed E-state index contributed by atoms with van der Waals surface area (Å²) in [5, 5.41) is 7.82. The van der Waals surface area contributed by atoms with Crippen LogP contribution < -0.4 is 21.1 Å². The highest BCUT2D eigenvalue weighted by Crippen LogP contribution is 2.35. The molecule has 2 aromatic carbocycles. The maximum Gasteiger partial charge on any atom is 0.283 e. The Bertz CT molecular complexity index is 1440. The summed E-state index contributed by atoms with van der Waals surface area (Å²) >= 11 is 6.51. The second-order valence-electron chi connectivity index (χ2n) is 9.08. The number of hydrogen-bond donors (Lipinski definition) is 2. The van der Waals surface area contributed by atoms with Crippen LogP contribution in [0.1, 0.15) is 11.6 Å². The van der Waals surface area contributed by atoms with Crippen LogP contribution >= 0.6 is 11.6 Å². The van der Waals surface area contributed by atoms with Crippen LogP contribution in [-0.4, -0.2) is 59.2 Å². The Kier molecular flexibility index (Phi) is 5.54. The molecule has 1 atom stereocenters. The van der Waals surface area contributed by atoms with E-state index in [2.05, 4.69) is 61.7 Å². The van der Waals surface area contributed by atoms with Crippen molar-refractivity contribution >= 4 is 45.6 Å². The molecule has 1 fully saturated rings. The van der Waals surface area contributed by atoms with Crippen LogP contribution in [0.15, 0.2) is 65.6 Å². The van der Waals surface area contributed by atoms with Gasteiger partial charge in [-0.15, -0.1) is 0 Å². The molecule has 4 aromatic rings. The van der Waals surface area contributed by atoms with Gasteiger partial charge in [-0.3, -0.25) is 4.79 Å². The van der Waals surface area contributed by atoms with Gasteiger partial charge in [0.1, 0.15) is 5.82 Å². The van der Waals surface area contributed by atoms with Crippen molar-refractivity contribution in [2.24, 2.45) is 0 Å². The number of nitrogens with zero attached hydrogens (tertiary/aromatic N) is 5. The third-order valence-electron chi connectivity index (χ3n) is 6.85. The number of pyridine rings is 1. The van der Waals surface area contributed by atoms with Crippen LogP contribution in [-0.2, 0) is 0 Å². The molecule has 8 nitrogen and oxygen atoms in total. The predicted octanol–water partition coefficient (Wildman–Crippen LogP) is 3.96. The SMILES string of the molecule is CN1CCN(c2ccc(Nc3cc4c(cn3)c(=O)nc3n4C(c4ccccc4Cl)CN3)cc2)CC1. The van der Waals surface area contributed by atoms with Crippen molar-refractivity contribution in [2.75, 3.05) is 55.3 Å². The smallest absolute Gasteiger partial charge is 0.283 e. The number of benzene rings is 2. The minimum atomic E-state index is -0.297. The number of nitrogens with one attached hydrogen (secondary N) is 2. The fraction of sp³-hybridized carbons (Fsp3) is 0.269. The first kappa shape index (κ1) is 21.9. The number of rotatable bonds is 4. The van der Waals surface area contributed by atoms with Crippen molar-refractivity contribution in [2.45, 2.75) is 6.04 Å². The van der Waals surface area contributed by atoms with Crippen molar-refractivity contribution in [3.63, 3.8) is 0 Å². The maximum absolute atomic E-state index is 12.7. The molecule has 0 aliphatic carbocycles. The zero-order valence-corrected chi connectivity index (χ0v) is 20.2. The molecule has 4 heterocycles. The van der Waals surface area contributed by atoms with Gasteiger partial charge in [0.25, 0.3) is 5.56 Å². The van der Waals surface area contributed by atoms with E-state index in [0.717, 1.165) is 42.9 Å². The van der Waals surface area contributed by atoms with E-state index in [4.69, 9.17) is 11.6 Å². The van der Waals surface area contributed by atoms with Gasteiger partial charge < -0.3 is 25.0 Å². The largest absolute Gasteiger partial charge is 0.369 e. The summed E-state index contributed by atoms with van der Waals surface area (Å²) in [4.78, 5) is 26.2. The molecule has 2 aromatic heterocycles. The normalized spacial score (nSPS) is 17.9. The number of piperazine rings is 1. The Labute approximate surface area is 208 Å². The van der Waals surface area contributed by atoms with E-state index in [-0.39, 0.29) is 11.6 Å². The third kappa shape index (κ3) is 4.09. The van der Waals surface area contributed by atoms with Crippen LogP contribution in [0.4, 0.5) is 23.1 Å². The van der Waals surface area contributed by atoms with Gasteiger partial charge >= 0.3 is 0 Å². The van der Waals surface area contributed by atoms with E-state index in [0.29, 0.717) is 28.7 Å². The third-order valence-corrected chi connectivity index (χ3v) is 7.19. The molecule has 0 amide bonds. The first-order valence-electron chi connectivity index (χ1n) is 11.8. The average molecular weight is 488 g/mol. The van der Waals surface area contributed by atoms with Crippen molar-refractivity contribution < 1.29 is 0 Å². The molecule has 1 saturated heterocycles. The van der Waals surface area contributed by atoms with E-state index in [9.17, 15) is 4.79 Å². The summed E-state index contributed by atoms with van der Waals surface area (Å²) in [5.74, 6) is 1.20. The maximum atomic E-state index is 12.7. The van der Waals surface area contributed by atoms with Crippen molar-refractivity contribution in [1.82, 2.24) is 19.4 Å². The molecule has 2 aliphatic rings. The van der Waals surface area contributed by atoms with Gasteiger partial charge in [-0.05, 0) is 42.9 Å². The van der Waals surface area contributed by atoms with Gasteiger partial charge in [-0.25, -0.2) is 4.98 Å². The van der Waals surface area contributed by atoms with E-state index < -0.39 is 0 Å². The summed E-state index contributed by atoms with van der Waals surface area (Å²) in [6, 6.07) is 18.0. The Balaban J connectivity index is 1.32. The van der Waals surface area contributed by atoms with E-state index >= 15 is 0 Å². The van der Waals surface area contributed by atoms with E-state index in [1.54, 1.807) is 6.20 Å². The second-order valence-corrected chi connectivity index (χ2v) is 9.48. The number of fused-ring (bicyclic) bond motifs is 3. The van der Waals surface area contributed by atoms with Gasteiger partial charge in [0.2, 0.25) is 5.95 Å². The van der Waals surface area contributed by atoms with Crippen LogP contribution in [0, 0.1) is 0 Å². The summed E-state index contributed by atoms with van der Waals surface area (Å²) in [5.41, 5.74) is 3.61.